The Morgan fingerprint density at radius 1 is 0.927 bits per heavy atom. The molecule has 1 saturated carbocycles. The predicted molar refractivity (Wildman–Crippen MR) is 164 cm³/mol. The summed E-state index contributed by atoms with van der Waals surface area (Å²) < 4.78 is 5.99. The Labute approximate surface area is 242 Å². The summed E-state index contributed by atoms with van der Waals surface area (Å²) in [6.07, 6.45) is 16.3. The first kappa shape index (κ1) is 27.0. The third-order valence-corrected chi connectivity index (χ3v) is 8.31. The van der Waals surface area contributed by atoms with Crippen LogP contribution in [0.25, 0.3) is 22.0 Å². The summed E-state index contributed by atoms with van der Waals surface area (Å²) in [6, 6.07) is 21.5. The van der Waals surface area contributed by atoms with E-state index in [1.807, 2.05) is 29.4 Å². The van der Waals surface area contributed by atoms with Crippen LogP contribution in [0.5, 0.6) is 5.88 Å². The highest BCUT2D eigenvalue weighted by Gasteiger charge is 2.27. The first-order valence-corrected chi connectivity index (χ1v) is 15.0. The fourth-order valence-electron chi connectivity index (χ4n) is 5.86. The monoisotopic (exact) mass is 546 g/mol. The molecule has 41 heavy (non-hydrogen) atoms. The minimum absolute atomic E-state index is 0.147. The molecule has 0 unspecified atom stereocenters. The number of pyridine rings is 1. The maximum Gasteiger partial charge on any atom is 0.246 e. The summed E-state index contributed by atoms with van der Waals surface area (Å²) >= 11 is 0. The Bertz CT molecular complexity index is 1510. The molecule has 6 rings (SSSR count). The van der Waals surface area contributed by atoms with E-state index in [0.717, 1.165) is 61.7 Å². The molecule has 0 spiro atoms. The normalized spacial score (nSPS) is 16.2. The number of carbonyl (C=O) groups excluding carboxylic acids is 1. The van der Waals surface area contributed by atoms with Crippen LogP contribution in [0.15, 0.2) is 85.2 Å². The highest BCUT2D eigenvalue weighted by molar-refractivity contribution is 6.01. The number of rotatable bonds is 11. The van der Waals surface area contributed by atoms with Crippen molar-refractivity contribution in [1.82, 2.24) is 20.1 Å². The summed E-state index contributed by atoms with van der Waals surface area (Å²) in [4.78, 5) is 18.8. The first-order chi connectivity index (χ1) is 20.3. The van der Waals surface area contributed by atoms with Gasteiger partial charge in [0.25, 0.3) is 0 Å². The van der Waals surface area contributed by atoms with Crippen LogP contribution in [0.2, 0.25) is 0 Å². The van der Waals surface area contributed by atoms with Crippen LogP contribution >= 0.6 is 0 Å². The molecule has 6 nitrogen and oxygen atoms in total. The van der Waals surface area contributed by atoms with Crippen LogP contribution in [0.1, 0.15) is 68.1 Å². The van der Waals surface area contributed by atoms with Crippen LogP contribution in [-0.2, 0) is 4.79 Å². The number of carbonyl (C=O) groups is 1. The topological polar surface area (TPSA) is 71.1 Å². The van der Waals surface area contributed by atoms with Crippen LogP contribution < -0.4 is 4.74 Å². The average molecular weight is 547 g/mol. The SMILES string of the molecule is O=C(/C=C/CCCCOc1ccc(/C(=C(\c2ccccc2)C2CCC2)c2ccc3[nH]ncc3c2)cn1)N1CCCC1. The van der Waals surface area contributed by atoms with Crippen LogP contribution in [-0.4, -0.2) is 45.7 Å². The summed E-state index contributed by atoms with van der Waals surface area (Å²) in [5, 5.41) is 8.41. The Morgan fingerprint density at radius 2 is 1.76 bits per heavy atom. The average Bonchev–Trinajstić information content (AvgIpc) is 3.69. The lowest BCUT2D eigenvalue weighted by Crippen LogP contribution is -2.25. The molecule has 1 amide bonds. The number of benzene rings is 2. The molecule has 4 aromatic rings. The second-order valence-corrected chi connectivity index (χ2v) is 11.1. The van der Waals surface area contributed by atoms with Gasteiger partial charge in [0.15, 0.2) is 0 Å². The molecule has 0 radical (unpaired) electrons. The number of H-pyrrole nitrogens is 1. The molecule has 6 heteroatoms. The van der Waals surface area contributed by atoms with E-state index in [0.29, 0.717) is 18.4 Å². The van der Waals surface area contributed by atoms with Gasteiger partial charge in [-0.1, -0.05) is 48.9 Å². The van der Waals surface area contributed by atoms with Crippen molar-refractivity contribution in [3.63, 3.8) is 0 Å². The van der Waals surface area contributed by atoms with E-state index in [1.54, 1.807) is 6.08 Å². The summed E-state index contributed by atoms with van der Waals surface area (Å²) in [7, 11) is 0. The predicted octanol–water partition coefficient (Wildman–Crippen LogP) is 7.44. The van der Waals surface area contributed by atoms with Gasteiger partial charge in [-0.3, -0.25) is 9.89 Å². The van der Waals surface area contributed by atoms with E-state index in [-0.39, 0.29) is 5.91 Å². The van der Waals surface area contributed by atoms with E-state index in [4.69, 9.17) is 9.72 Å². The van der Waals surface area contributed by atoms with Gasteiger partial charge >= 0.3 is 0 Å². The number of aromatic nitrogens is 3. The number of ether oxygens (including phenoxy) is 1. The van der Waals surface area contributed by atoms with Crippen molar-refractivity contribution < 1.29 is 9.53 Å². The highest BCUT2D eigenvalue weighted by atomic mass is 16.5. The Morgan fingerprint density at radius 3 is 2.51 bits per heavy atom. The molecular weight excluding hydrogens is 508 g/mol. The van der Waals surface area contributed by atoms with Crippen molar-refractivity contribution in [2.75, 3.05) is 19.7 Å². The zero-order valence-corrected chi connectivity index (χ0v) is 23.6. The quantitative estimate of drug-likeness (QED) is 0.121. The number of hydrogen-bond acceptors (Lipinski definition) is 4. The van der Waals surface area contributed by atoms with E-state index < -0.39 is 0 Å². The first-order valence-electron chi connectivity index (χ1n) is 15.0. The van der Waals surface area contributed by atoms with E-state index in [9.17, 15) is 4.79 Å². The van der Waals surface area contributed by atoms with Gasteiger partial charge in [-0.05, 0) is 97.4 Å². The Kier molecular flexibility index (Phi) is 8.55. The van der Waals surface area contributed by atoms with Crippen LogP contribution in [0, 0.1) is 5.92 Å². The summed E-state index contributed by atoms with van der Waals surface area (Å²) in [5.74, 6) is 1.32. The molecule has 2 aromatic heterocycles. The zero-order valence-electron chi connectivity index (χ0n) is 23.6. The van der Waals surface area contributed by atoms with E-state index in [2.05, 4.69) is 64.8 Å². The van der Waals surface area contributed by atoms with Crippen LogP contribution in [0.3, 0.4) is 0 Å². The molecule has 0 bridgehead atoms. The van der Waals surface area contributed by atoms with Crippen LogP contribution in [0.4, 0.5) is 0 Å². The van der Waals surface area contributed by atoms with Gasteiger partial charge < -0.3 is 9.64 Å². The van der Waals surface area contributed by atoms with Gasteiger partial charge in [-0.25, -0.2) is 4.98 Å². The molecule has 1 aliphatic carbocycles. The van der Waals surface area contributed by atoms with Gasteiger partial charge in [0.05, 0.1) is 18.3 Å². The van der Waals surface area contributed by atoms with Gasteiger partial charge in [0.2, 0.25) is 11.8 Å². The third-order valence-electron chi connectivity index (χ3n) is 8.31. The Hall–Kier alpha value is -4.19. The number of likely N-dealkylation sites (tertiary alicyclic amines) is 1. The number of hydrogen-bond donors (Lipinski definition) is 1. The third kappa shape index (κ3) is 6.43. The second-order valence-electron chi connectivity index (χ2n) is 11.1. The van der Waals surface area contributed by atoms with Crippen molar-refractivity contribution in [3.8, 4) is 5.88 Å². The maximum atomic E-state index is 12.1. The summed E-state index contributed by atoms with van der Waals surface area (Å²) in [6.45, 7) is 2.40. The van der Waals surface area contributed by atoms with Crippen molar-refractivity contribution in [2.24, 2.45) is 5.92 Å². The smallest absolute Gasteiger partial charge is 0.246 e. The number of nitrogens with one attached hydrogen (secondary N) is 1. The number of amides is 1. The second kappa shape index (κ2) is 13.0. The molecule has 0 atom stereocenters. The molecule has 1 N–H and O–H groups in total. The molecule has 1 saturated heterocycles. The molecular formula is C35H38N4O2. The van der Waals surface area contributed by atoms with Crippen molar-refractivity contribution >= 4 is 28.0 Å². The number of unbranched alkanes of at least 4 members (excludes halogenated alkanes) is 2. The lowest BCUT2D eigenvalue weighted by atomic mass is 9.73. The van der Waals surface area contributed by atoms with Gasteiger partial charge in [-0.2, -0.15) is 5.10 Å². The van der Waals surface area contributed by atoms with Crippen molar-refractivity contribution in [3.05, 3.63) is 102 Å². The van der Waals surface area contributed by atoms with Gasteiger partial charge in [0, 0.05) is 36.3 Å². The highest BCUT2D eigenvalue weighted by Crippen LogP contribution is 2.45. The fraction of sp³-hybridized carbons (Fsp3) is 0.343. The maximum absolute atomic E-state index is 12.1. The minimum atomic E-state index is 0.147. The van der Waals surface area contributed by atoms with Crippen molar-refractivity contribution in [2.45, 2.75) is 51.4 Å². The number of nitrogens with zero attached hydrogens (tertiary/aromatic N) is 3. The fourth-order valence-corrected chi connectivity index (χ4v) is 5.86. The van der Waals surface area contributed by atoms with E-state index in [1.165, 1.54) is 41.5 Å². The standard InChI is InChI=1S/C35H38N4O2/c40-33(39-20-7-8-21-39)15-6-1-2-9-22-41-32-19-17-29(24-36-32)35(28-16-18-31-30(23-28)25-37-38-31)34(27-13-10-14-27)26-11-4-3-5-12-26/h3-6,11-12,15-19,23-25,27H,1-2,7-10,13-14,20-22H2,(H,37,38)/b15-6+,35-34+. The zero-order chi connectivity index (χ0) is 27.9. The summed E-state index contributed by atoms with van der Waals surface area (Å²) in [5.41, 5.74) is 7.21. The Balaban J connectivity index is 1.16. The van der Waals surface area contributed by atoms with Crippen molar-refractivity contribution in [1.29, 1.82) is 0 Å². The molecule has 2 aromatic carbocycles. The van der Waals surface area contributed by atoms with Gasteiger partial charge in [-0.15, -0.1) is 0 Å². The number of aromatic amines is 1. The molecule has 2 fully saturated rings. The van der Waals surface area contributed by atoms with E-state index >= 15 is 0 Å². The lowest BCUT2D eigenvalue weighted by molar-refractivity contribution is -0.125. The molecule has 210 valence electrons. The molecule has 3 heterocycles. The largest absolute Gasteiger partial charge is 0.478 e. The van der Waals surface area contributed by atoms with Gasteiger partial charge in [0.1, 0.15) is 0 Å². The molecule has 2 aliphatic rings. The number of allylic oxidation sites excluding steroid dienone is 2. The minimum Gasteiger partial charge on any atom is -0.478 e. The number of fused-ring (bicyclic) bond motifs is 1. The lowest BCUT2D eigenvalue weighted by Gasteiger charge is -2.31. The molecule has 1 aliphatic heterocycles.